The Bertz CT molecular complexity index is 574. The predicted octanol–water partition coefficient (Wildman–Crippen LogP) is -0.198. The summed E-state index contributed by atoms with van der Waals surface area (Å²) in [5.41, 5.74) is 0.611. The molecule has 3 heterocycles. The van der Waals surface area contributed by atoms with Crippen LogP contribution in [0.2, 0.25) is 0 Å². The molecule has 1 fully saturated rings. The molecular weight excluding hydrogens is 244 g/mol. The number of aromatic nitrogens is 3. The Labute approximate surface area is 110 Å². The molecule has 2 aromatic rings. The molecule has 19 heavy (non-hydrogen) atoms. The lowest BCUT2D eigenvalue weighted by atomic mass is 10.3. The van der Waals surface area contributed by atoms with E-state index in [-0.39, 0.29) is 5.91 Å². The molecule has 1 saturated heterocycles. The van der Waals surface area contributed by atoms with E-state index >= 15 is 0 Å². The molecule has 1 aliphatic rings. The van der Waals surface area contributed by atoms with Gasteiger partial charge < -0.3 is 10.6 Å². The van der Waals surface area contributed by atoms with E-state index in [9.17, 15) is 4.79 Å². The fourth-order valence-corrected chi connectivity index (χ4v) is 2.20. The number of hydrogen-bond acceptors (Lipinski definition) is 5. The molecule has 0 saturated carbocycles. The summed E-state index contributed by atoms with van der Waals surface area (Å²) in [5.74, 6) is 0.583. The van der Waals surface area contributed by atoms with Gasteiger partial charge in [0.1, 0.15) is 5.82 Å². The molecule has 3 N–H and O–H groups in total. The van der Waals surface area contributed by atoms with E-state index in [1.165, 1.54) is 0 Å². The maximum absolute atomic E-state index is 12.0. The normalized spacial score (nSPS) is 16.6. The Balaban J connectivity index is 1.65. The lowest BCUT2D eigenvalue weighted by molar-refractivity contribution is -0.117. The minimum atomic E-state index is -0.0312. The number of fused-ring (bicyclic) bond motifs is 1. The summed E-state index contributed by atoms with van der Waals surface area (Å²) in [6.07, 6.45) is 1.68. The lowest BCUT2D eigenvalue weighted by Crippen LogP contribution is -2.46. The van der Waals surface area contributed by atoms with Gasteiger partial charge in [0.25, 0.3) is 0 Å². The number of rotatable bonds is 3. The van der Waals surface area contributed by atoms with Crippen LogP contribution in [0.4, 0.5) is 5.82 Å². The third kappa shape index (κ3) is 2.72. The van der Waals surface area contributed by atoms with Gasteiger partial charge in [0.2, 0.25) is 5.91 Å². The maximum Gasteiger partial charge on any atom is 0.239 e. The van der Waals surface area contributed by atoms with Crippen LogP contribution in [-0.2, 0) is 4.79 Å². The van der Waals surface area contributed by atoms with E-state index < -0.39 is 0 Å². The molecular formula is C12H16N6O. The third-order valence-corrected chi connectivity index (χ3v) is 3.17. The van der Waals surface area contributed by atoms with Crippen molar-refractivity contribution < 1.29 is 4.79 Å². The highest BCUT2D eigenvalue weighted by Gasteiger charge is 2.15. The van der Waals surface area contributed by atoms with Gasteiger partial charge >= 0.3 is 0 Å². The van der Waals surface area contributed by atoms with Crippen LogP contribution in [0.5, 0.6) is 0 Å². The van der Waals surface area contributed by atoms with Crippen LogP contribution in [-0.4, -0.2) is 58.7 Å². The molecule has 1 aliphatic heterocycles. The molecule has 0 atom stereocenters. The number of H-pyrrole nitrogens is 1. The van der Waals surface area contributed by atoms with Crippen molar-refractivity contribution in [2.75, 3.05) is 38.0 Å². The van der Waals surface area contributed by atoms with Gasteiger partial charge in [0.15, 0.2) is 5.65 Å². The number of amides is 1. The van der Waals surface area contributed by atoms with Gasteiger partial charge in [-0.1, -0.05) is 0 Å². The average Bonchev–Trinajstić information content (AvgIpc) is 2.83. The Morgan fingerprint density at radius 3 is 3.11 bits per heavy atom. The van der Waals surface area contributed by atoms with E-state index in [1.807, 2.05) is 12.1 Å². The van der Waals surface area contributed by atoms with Crippen LogP contribution < -0.4 is 10.6 Å². The highest BCUT2D eigenvalue weighted by molar-refractivity contribution is 5.99. The largest absolute Gasteiger partial charge is 0.314 e. The van der Waals surface area contributed by atoms with E-state index in [1.54, 1.807) is 6.20 Å². The molecule has 0 aliphatic carbocycles. The minimum Gasteiger partial charge on any atom is -0.314 e. The summed E-state index contributed by atoms with van der Waals surface area (Å²) in [7, 11) is 0. The molecule has 0 unspecified atom stereocenters. The second kappa shape index (κ2) is 5.33. The summed E-state index contributed by atoms with van der Waals surface area (Å²) in [6.45, 7) is 4.08. The van der Waals surface area contributed by atoms with Crippen LogP contribution in [0.15, 0.2) is 18.3 Å². The Hall–Kier alpha value is -1.99. The van der Waals surface area contributed by atoms with Gasteiger partial charge in [-0.15, -0.1) is 0 Å². The number of piperazine rings is 1. The van der Waals surface area contributed by atoms with Crippen molar-refractivity contribution in [3.63, 3.8) is 0 Å². The number of anilines is 1. The van der Waals surface area contributed by atoms with Crippen LogP contribution in [0.3, 0.4) is 0 Å². The van der Waals surface area contributed by atoms with Crippen molar-refractivity contribution in [3.8, 4) is 0 Å². The predicted molar refractivity (Wildman–Crippen MR) is 71.8 cm³/mol. The van der Waals surface area contributed by atoms with Gasteiger partial charge in [-0.05, 0) is 12.1 Å². The molecule has 7 nitrogen and oxygen atoms in total. The van der Waals surface area contributed by atoms with Crippen molar-refractivity contribution in [1.29, 1.82) is 0 Å². The van der Waals surface area contributed by atoms with Crippen molar-refractivity contribution in [3.05, 3.63) is 18.3 Å². The molecule has 1 amide bonds. The van der Waals surface area contributed by atoms with Gasteiger partial charge in [-0.3, -0.25) is 14.8 Å². The standard InChI is InChI=1S/C12H16N6O/c19-10(8-18-6-4-13-5-7-18)15-12-9-2-1-3-14-11(9)16-17-12/h1-3,13H,4-8H2,(H2,14,15,16,17,19). The topological polar surface area (TPSA) is 85.9 Å². The zero-order valence-electron chi connectivity index (χ0n) is 10.5. The Kier molecular flexibility index (Phi) is 3.39. The smallest absolute Gasteiger partial charge is 0.239 e. The molecule has 0 bridgehead atoms. The molecule has 100 valence electrons. The van der Waals surface area contributed by atoms with Crippen LogP contribution in [0.25, 0.3) is 11.0 Å². The zero-order chi connectivity index (χ0) is 13.1. The van der Waals surface area contributed by atoms with Crippen molar-refractivity contribution in [2.45, 2.75) is 0 Å². The van der Waals surface area contributed by atoms with Crippen molar-refractivity contribution in [2.24, 2.45) is 0 Å². The Morgan fingerprint density at radius 2 is 2.26 bits per heavy atom. The van der Waals surface area contributed by atoms with Crippen molar-refractivity contribution >= 4 is 22.8 Å². The zero-order valence-corrected chi connectivity index (χ0v) is 10.5. The number of pyridine rings is 1. The first-order chi connectivity index (χ1) is 9.33. The number of nitrogens with one attached hydrogen (secondary N) is 3. The summed E-state index contributed by atoms with van der Waals surface area (Å²) >= 11 is 0. The fraction of sp³-hybridized carbons (Fsp3) is 0.417. The average molecular weight is 260 g/mol. The highest BCUT2D eigenvalue weighted by Crippen LogP contribution is 2.17. The van der Waals surface area contributed by atoms with Crippen LogP contribution in [0.1, 0.15) is 0 Å². The quantitative estimate of drug-likeness (QED) is 0.711. The molecule has 3 rings (SSSR count). The Morgan fingerprint density at radius 1 is 1.42 bits per heavy atom. The number of hydrogen-bond donors (Lipinski definition) is 3. The second-order valence-corrected chi connectivity index (χ2v) is 4.55. The molecule has 7 heteroatoms. The maximum atomic E-state index is 12.0. The van der Waals surface area contributed by atoms with E-state index in [0.29, 0.717) is 18.0 Å². The third-order valence-electron chi connectivity index (χ3n) is 3.17. The first-order valence-electron chi connectivity index (χ1n) is 6.35. The van der Waals surface area contributed by atoms with Gasteiger partial charge in [0, 0.05) is 32.4 Å². The van der Waals surface area contributed by atoms with Crippen molar-refractivity contribution in [1.82, 2.24) is 25.4 Å². The first-order valence-corrected chi connectivity index (χ1v) is 6.35. The second-order valence-electron chi connectivity index (χ2n) is 4.55. The molecule has 0 spiro atoms. The first kappa shape index (κ1) is 12.1. The molecule has 0 radical (unpaired) electrons. The van der Waals surface area contributed by atoms with Crippen LogP contribution >= 0.6 is 0 Å². The highest BCUT2D eigenvalue weighted by atomic mass is 16.2. The van der Waals surface area contributed by atoms with Gasteiger partial charge in [-0.25, -0.2) is 4.98 Å². The van der Waals surface area contributed by atoms with Crippen LogP contribution in [0, 0.1) is 0 Å². The molecule has 0 aromatic carbocycles. The molecule has 2 aromatic heterocycles. The number of carbonyl (C=O) groups is 1. The summed E-state index contributed by atoms with van der Waals surface area (Å²) in [6, 6.07) is 3.70. The van der Waals surface area contributed by atoms with E-state index in [0.717, 1.165) is 31.6 Å². The monoisotopic (exact) mass is 260 g/mol. The number of aromatic amines is 1. The number of carbonyl (C=O) groups excluding carboxylic acids is 1. The SMILES string of the molecule is O=C(CN1CCNCC1)Nc1[nH]nc2ncccc12. The minimum absolute atomic E-state index is 0.0312. The summed E-state index contributed by atoms with van der Waals surface area (Å²) < 4.78 is 0. The van der Waals surface area contributed by atoms with Gasteiger partial charge in [-0.2, -0.15) is 5.10 Å². The lowest BCUT2D eigenvalue weighted by Gasteiger charge is -2.26. The van der Waals surface area contributed by atoms with E-state index in [2.05, 4.69) is 30.7 Å². The van der Waals surface area contributed by atoms with E-state index in [4.69, 9.17) is 0 Å². The number of nitrogens with zero attached hydrogens (tertiary/aromatic N) is 3. The summed E-state index contributed by atoms with van der Waals surface area (Å²) in [5, 5.41) is 13.8. The fourth-order valence-electron chi connectivity index (χ4n) is 2.20. The van der Waals surface area contributed by atoms with Gasteiger partial charge in [0.05, 0.1) is 11.9 Å². The summed E-state index contributed by atoms with van der Waals surface area (Å²) in [4.78, 5) is 18.2.